The molecule has 1 aliphatic rings. The minimum Gasteiger partial charge on any atom is -0.487 e. The fourth-order valence-electron chi connectivity index (χ4n) is 4.71. The predicted octanol–water partition coefficient (Wildman–Crippen LogP) is 6.41. The van der Waals surface area contributed by atoms with Gasteiger partial charge in [0, 0.05) is 29.4 Å². The van der Waals surface area contributed by atoms with Crippen LogP contribution in [0.15, 0.2) is 71.2 Å². The number of nitrogens with zero attached hydrogens (tertiary/aromatic N) is 1. The molecular formula is C30H32BrNO4. The van der Waals surface area contributed by atoms with E-state index in [-0.39, 0.29) is 24.4 Å². The molecule has 1 amide bonds. The Hall–Kier alpha value is -3.12. The Balaban J connectivity index is 1.50. The molecule has 0 bridgehead atoms. The summed E-state index contributed by atoms with van der Waals surface area (Å²) < 4.78 is 7.22. The van der Waals surface area contributed by atoms with Crippen molar-refractivity contribution in [3.05, 3.63) is 99.0 Å². The highest BCUT2D eigenvalue weighted by Crippen LogP contribution is 2.38. The van der Waals surface area contributed by atoms with Gasteiger partial charge in [0.05, 0.1) is 0 Å². The van der Waals surface area contributed by atoms with Crippen molar-refractivity contribution in [2.75, 3.05) is 6.54 Å². The third kappa shape index (κ3) is 6.16. The molecule has 0 aromatic heterocycles. The second-order valence-corrected chi connectivity index (χ2v) is 11.8. The average Bonchev–Trinajstić information content (AvgIpc) is 3.12. The predicted molar refractivity (Wildman–Crippen MR) is 145 cm³/mol. The molecule has 4 rings (SSSR count). The highest BCUT2D eigenvalue weighted by molar-refractivity contribution is 9.10. The van der Waals surface area contributed by atoms with Crippen LogP contribution >= 0.6 is 15.9 Å². The first kappa shape index (κ1) is 26.0. The number of carboxylic acid groups (broad SMARTS) is 1. The minimum absolute atomic E-state index is 0.108. The molecule has 1 heterocycles. The van der Waals surface area contributed by atoms with Gasteiger partial charge in [0.2, 0.25) is 0 Å². The number of carbonyl (C=O) groups excluding carboxylic acids is 1. The van der Waals surface area contributed by atoms with Crippen LogP contribution in [0.2, 0.25) is 0 Å². The number of ether oxygens (including phenoxy) is 1. The zero-order valence-corrected chi connectivity index (χ0v) is 22.8. The van der Waals surface area contributed by atoms with E-state index in [4.69, 9.17) is 4.74 Å². The van der Waals surface area contributed by atoms with Gasteiger partial charge in [0.15, 0.2) is 0 Å². The second kappa shape index (κ2) is 10.1. The summed E-state index contributed by atoms with van der Waals surface area (Å²) in [6.07, 6.45) is 1.43. The van der Waals surface area contributed by atoms with Crippen LogP contribution in [0.25, 0.3) is 0 Å². The summed E-state index contributed by atoms with van der Waals surface area (Å²) in [5.41, 5.74) is 4.48. The van der Waals surface area contributed by atoms with Gasteiger partial charge in [-0.3, -0.25) is 9.59 Å². The van der Waals surface area contributed by atoms with Crippen LogP contribution in [0.4, 0.5) is 0 Å². The molecule has 3 aromatic carbocycles. The van der Waals surface area contributed by atoms with Gasteiger partial charge in [-0.15, -0.1) is 0 Å². The van der Waals surface area contributed by atoms with Crippen molar-refractivity contribution in [2.45, 2.75) is 58.1 Å². The molecule has 0 saturated heterocycles. The van der Waals surface area contributed by atoms with E-state index in [0.29, 0.717) is 12.0 Å². The summed E-state index contributed by atoms with van der Waals surface area (Å²) in [6, 6.07) is 21.6. The molecule has 3 aromatic rings. The van der Waals surface area contributed by atoms with Crippen molar-refractivity contribution in [1.29, 1.82) is 0 Å². The number of amides is 1. The molecule has 1 N–H and O–H groups in total. The van der Waals surface area contributed by atoms with Gasteiger partial charge in [-0.1, -0.05) is 73.1 Å². The zero-order valence-electron chi connectivity index (χ0n) is 21.2. The second-order valence-electron chi connectivity index (χ2n) is 10.9. The van der Waals surface area contributed by atoms with Gasteiger partial charge in [0.1, 0.15) is 17.9 Å². The Morgan fingerprint density at radius 3 is 2.39 bits per heavy atom. The van der Waals surface area contributed by atoms with E-state index >= 15 is 0 Å². The minimum atomic E-state index is -1.05. The molecule has 0 aliphatic carbocycles. The van der Waals surface area contributed by atoms with Crippen molar-refractivity contribution < 1.29 is 19.4 Å². The highest BCUT2D eigenvalue weighted by atomic mass is 79.9. The van der Waals surface area contributed by atoms with Crippen molar-refractivity contribution >= 4 is 27.8 Å². The van der Waals surface area contributed by atoms with Crippen molar-refractivity contribution in [1.82, 2.24) is 4.90 Å². The summed E-state index contributed by atoms with van der Waals surface area (Å²) in [5.74, 6) is -0.587. The van der Waals surface area contributed by atoms with Gasteiger partial charge in [-0.05, 0) is 64.9 Å². The molecular weight excluding hydrogens is 518 g/mol. The molecule has 0 radical (unpaired) electrons. The zero-order chi connectivity index (χ0) is 26.1. The Bertz CT molecular complexity index is 1280. The topological polar surface area (TPSA) is 66.8 Å². The first-order valence-corrected chi connectivity index (χ1v) is 12.9. The monoisotopic (exact) mass is 549 g/mol. The van der Waals surface area contributed by atoms with Crippen LogP contribution in [0, 0.1) is 0 Å². The SMILES string of the molecule is CC1(Cc2ccc(C(C)(C)C)cc2)Cc2cc(C(=O)N(CC(=O)O)Cc3cccc(Br)c3)ccc2O1. The normalized spacial score (nSPS) is 16.8. The van der Waals surface area contributed by atoms with Gasteiger partial charge in [0.25, 0.3) is 5.91 Å². The van der Waals surface area contributed by atoms with Crippen LogP contribution in [-0.2, 0) is 29.6 Å². The first-order chi connectivity index (χ1) is 16.9. The molecule has 1 atom stereocenters. The third-order valence-corrected chi connectivity index (χ3v) is 7.00. The summed E-state index contributed by atoms with van der Waals surface area (Å²) in [4.78, 5) is 26.2. The lowest BCUT2D eigenvalue weighted by atomic mass is 9.85. The highest BCUT2D eigenvalue weighted by Gasteiger charge is 2.35. The molecule has 0 fully saturated rings. The number of fused-ring (bicyclic) bond motifs is 1. The first-order valence-electron chi connectivity index (χ1n) is 12.1. The molecule has 36 heavy (non-hydrogen) atoms. The van der Waals surface area contributed by atoms with E-state index in [1.165, 1.54) is 16.0 Å². The van der Waals surface area contributed by atoms with Gasteiger partial charge in [-0.25, -0.2) is 0 Å². The lowest BCUT2D eigenvalue weighted by Crippen LogP contribution is -2.35. The molecule has 6 heteroatoms. The maximum Gasteiger partial charge on any atom is 0.323 e. The number of hydrogen-bond donors (Lipinski definition) is 1. The van der Waals surface area contributed by atoms with Gasteiger partial charge in [-0.2, -0.15) is 0 Å². The van der Waals surface area contributed by atoms with Crippen LogP contribution in [0.1, 0.15) is 60.3 Å². The fourth-order valence-corrected chi connectivity index (χ4v) is 5.16. The van der Waals surface area contributed by atoms with E-state index in [9.17, 15) is 14.7 Å². The molecule has 0 saturated carbocycles. The van der Waals surface area contributed by atoms with Crippen LogP contribution in [-0.4, -0.2) is 34.0 Å². The van der Waals surface area contributed by atoms with Crippen molar-refractivity contribution in [3.63, 3.8) is 0 Å². The largest absolute Gasteiger partial charge is 0.487 e. The smallest absolute Gasteiger partial charge is 0.323 e. The molecule has 188 valence electrons. The number of hydrogen-bond acceptors (Lipinski definition) is 3. The number of rotatable bonds is 7. The molecule has 1 aliphatic heterocycles. The molecule has 1 unspecified atom stereocenters. The number of carbonyl (C=O) groups is 2. The number of halogens is 1. The van der Waals surface area contributed by atoms with E-state index in [0.717, 1.165) is 27.8 Å². The quantitative estimate of drug-likeness (QED) is 0.369. The van der Waals surface area contributed by atoms with Gasteiger partial charge >= 0.3 is 5.97 Å². The maximum atomic E-state index is 13.3. The van der Waals surface area contributed by atoms with Crippen molar-refractivity contribution in [2.24, 2.45) is 0 Å². The Morgan fingerprint density at radius 1 is 1.03 bits per heavy atom. The lowest BCUT2D eigenvalue weighted by molar-refractivity contribution is -0.137. The standard InChI is InChI=1S/C30H32BrNO4/c1-29(2,3)24-11-8-20(9-12-24)16-30(4)17-23-15-22(10-13-26(23)36-30)28(35)32(19-27(33)34)18-21-6-5-7-25(31)14-21/h5-15H,16-19H2,1-4H3,(H,33,34). The fraction of sp³-hybridized carbons (Fsp3) is 0.333. The lowest BCUT2D eigenvalue weighted by Gasteiger charge is -2.25. The average molecular weight is 550 g/mol. The number of benzene rings is 3. The van der Waals surface area contributed by atoms with E-state index in [1.54, 1.807) is 6.07 Å². The summed E-state index contributed by atoms with van der Waals surface area (Å²) >= 11 is 3.43. The third-order valence-electron chi connectivity index (χ3n) is 6.50. The summed E-state index contributed by atoms with van der Waals surface area (Å²) in [7, 11) is 0. The van der Waals surface area contributed by atoms with Crippen molar-refractivity contribution in [3.8, 4) is 5.75 Å². The Morgan fingerprint density at radius 2 is 1.75 bits per heavy atom. The number of carboxylic acids is 1. The van der Waals surface area contributed by atoms with E-state index in [1.807, 2.05) is 36.4 Å². The van der Waals surface area contributed by atoms with Crippen LogP contribution < -0.4 is 4.74 Å². The van der Waals surface area contributed by atoms with E-state index in [2.05, 4.69) is 67.9 Å². The van der Waals surface area contributed by atoms with Crippen LogP contribution in [0.5, 0.6) is 5.75 Å². The summed E-state index contributed by atoms with van der Waals surface area (Å²) in [6.45, 7) is 8.54. The Labute approximate surface area is 221 Å². The summed E-state index contributed by atoms with van der Waals surface area (Å²) in [5, 5.41) is 9.41. The molecule has 0 spiro atoms. The number of aliphatic carboxylic acids is 1. The molecule has 5 nitrogen and oxygen atoms in total. The maximum absolute atomic E-state index is 13.3. The van der Waals surface area contributed by atoms with Gasteiger partial charge < -0.3 is 14.7 Å². The Kier molecular flexibility index (Phi) is 7.28. The van der Waals surface area contributed by atoms with Crippen LogP contribution in [0.3, 0.4) is 0 Å². The van der Waals surface area contributed by atoms with E-state index < -0.39 is 11.6 Å².